The largest absolute Gasteiger partial charge is 0.350 e. The molecule has 1 atom stereocenters. The summed E-state index contributed by atoms with van der Waals surface area (Å²) in [5, 5.41) is 3.75. The van der Waals surface area contributed by atoms with Gasteiger partial charge in [0.05, 0.1) is 12.2 Å². The van der Waals surface area contributed by atoms with Crippen molar-refractivity contribution in [2.45, 2.75) is 39.8 Å². The standard InChI is InChI=1S/C10H17N3OS/c1-6(11)4-9(14)12-5-10-13-7(2)8(3)15-10/h6H,4-5,11H2,1-3H3,(H,12,14). The van der Waals surface area contributed by atoms with Gasteiger partial charge in [-0.2, -0.15) is 0 Å². The van der Waals surface area contributed by atoms with Crippen LogP contribution in [0.15, 0.2) is 0 Å². The first-order chi connectivity index (χ1) is 6.99. The van der Waals surface area contributed by atoms with Crippen LogP contribution in [-0.4, -0.2) is 16.9 Å². The summed E-state index contributed by atoms with van der Waals surface area (Å²) in [6.07, 6.45) is 0.364. The lowest BCUT2D eigenvalue weighted by Gasteiger charge is -2.05. The van der Waals surface area contributed by atoms with Crippen LogP contribution in [0.5, 0.6) is 0 Å². The fraction of sp³-hybridized carbons (Fsp3) is 0.600. The maximum Gasteiger partial charge on any atom is 0.221 e. The molecule has 3 N–H and O–H groups in total. The number of hydrogen-bond donors (Lipinski definition) is 2. The molecule has 84 valence electrons. The maximum absolute atomic E-state index is 11.3. The van der Waals surface area contributed by atoms with Crippen LogP contribution in [0.4, 0.5) is 0 Å². The van der Waals surface area contributed by atoms with E-state index in [2.05, 4.69) is 10.3 Å². The minimum absolute atomic E-state index is 0.0180. The second kappa shape index (κ2) is 5.23. The quantitative estimate of drug-likeness (QED) is 0.809. The molecule has 0 saturated heterocycles. The Morgan fingerprint density at radius 2 is 2.27 bits per heavy atom. The predicted molar refractivity (Wildman–Crippen MR) is 61.7 cm³/mol. The minimum Gasteiger partial charge on any atom is -0.350 e. The summed E-state index contributed by atoms with van der Waals surface area (Å²) < 4.78 is 0. The Bertz CT molecular complexity index is 327. The van der Waals surface area contributed by atoms with E-state index in [4.69, 9.17) is 5.73 Å². The molecular formula is C10H17N3OS. The van der Waals surface area contributed by atoms with Crippen molar-refractivity contribution < 1.29 is 4.79 Å². The molecule has 1 amide bonds. The summed E-state index contributed by atoms with van der Waals surface area (Å²) >= 11 is 1.62. The molecule has 5 heteroatoms. The van der Waals surface area contributed by atoms with Crippen LogP contribution >= 0.6 is 11.3 Å². The maximum atomic E-state index is 11.3. The topological polar surface area (TPSA) is 68.0 Å². The summed E-state index contributed by atoms with van der Waals surface area (Å²) in [7, 11) is 0. The van der Waals surface area contributed by atoms with Gasteiger partial charge in [0.15, 0.2) is 0 Å². The van der Waals surface area contributed by atoms with Gasteiger partial charge in [-0.3, -0.25) is 4.79 Å². The van der Waals surface area contributed by atoms with Crippen molar-refractivity contribution in [2.24, 2.45) is 5.73 Å². The number of carbonyl (C=O) groups is 1. The molecule has 0 aliphatic heterocycles. The molecule has 0 spiro atoms. The zero-order chi connectivity index (χ0) is 11.4. The van der Waals surface area contributed by atoms with Crippen LogP contribution in [0.3, 0.4) is 0 Å². The second-order valence-electron chi connectivity index (χ2n) is 3.71. The van der Waals surface area contributed by atoms with Gasteiger partial charge < -0.3 is 11.1 Å². The molecule has 0 fully saturated rings. The molecule has 1 rings (SSSR count). The summed E-state index contributed by atoms with van der Waals surface area (Å²) in [6.45, 7) is 6.32. The van der Waals surface area contributed by atoms with Crippen molar-refractivity contribution in [1.82, 2.24) is 10.3 Å². The smallest absolute Gasteiger partial charge is 0.221 e. The predicted octanol–water partition coefficient (Wildman–Crippen LogP) is 1.11. The van der Waals surface area contributed by atoms with Gasteiger partial charge in [-0.05, 0) is 20.8 Å². The monoisotopic (exact) mass is 227 g/mol. The Morgan fingerprint density at radius 3 is 2.73 bits per heavy atom. The van der Waals surface area contributed by atoms with E-state index in [0.29, 0.717) is 13.0 Å². The zero-order valence-corrected chi connectivity index (χ0v) is 10.1. The molecule has 1 unspecified atom stereocenters. The van der Waals surface area contributed by atoms with E-state index in [1.165, 1.54) is 4.88 Å². The van der Waals surface area contributed by atoms with E-state index >= 15 is 0 Å². The van der Waals surface area contributed by atoms with E-state index in [0.717, 1.165) is 10.7 Å². The van der Waals surface area contributed by atoms with Gasteiger partial charge in [-0.15, -0.1) is 11.3 Å². The van der Waals surface area contributed by atoms with Crippen molar-refractivity contribution in [2.75, 3.05) is 0 Å². The molecule has 0 aromatic carbocycles. The molecule has 15 heavy (non-hydrogen) atoms. The van der Waals surface area contributed by atoms with Crippen LogP contribution < -0.4 is 11.1 Å². The fourth-order valence-corrected chi connectivity index (χ4v) is 2.03. The summed E-state index contributed by atoms with van der Waals surface area (Å²) in [6, 6.07) is -0.0928. The molecule has 1 heterocycles. The molecule has 1 aromatic heterocycles. The van der Waals surface area contributed by atoms with E-state index in [-0.39, 0.29) is 11.9 Å². The first-order valence-electron chi connectivity index (χ1n) is 4.94. The third-order valence-electron chi connectivity index (χ3n) is 2.02. The van der Waals surface area contributed by atoms with E-state index < -0.39 is 0 Å². The molecule has 4 nitrogen and oxygen atoms in total. The highest BCUT2D eigenvalue weighted by Crippen LogP contribution is 2.15. The highest BCUT2D eigenvalue weighted by molar-refractivity contribution is 7.11. The number of amides is 1. The second-order valence-corrected chi connectivity index (χ2v) is 5.00. The fourth-order valence-electron chi connectivity index (χ4n) is 1.15. The molecule has 0 radical (unpaired) electrons. The highest BCUT2D eigenvalue weighted by Gasteiger charge is 2.07. The SMILES string of the molecule is Cc1nc(CNC(=O)CC(C)N)sc1C. The van der Waals surface area contributed by atoms with Crippen molar-refractivity contribution in [3.05, 3.63) is 15.6 Å². The van der Waals surface area contributed by atoms with Crippen molar-refractivity contribution in [1.29, 1.82) is 0 Å². The summed E-state index contributed by atoms with van der Waals surface area (Å²) in [4.78, 5) is 16.8. The average molecular weight is 227 g/mol. The van der Waals surface area contributed by atoms with Crippen LogP contribution in [0.25, 0.3) is 0 Å². The molecular weight excluding hydrogens is 210 g/mol. The minimum atomic E-state index is -0.0928. The Hall–Kier alpha value is -0.940. The van der Waals surface area contributed by atoms with Gasteiger partial charge in [0, 0.05) is 17.3 Å². The Balaban J connectivity index is 2.40. The number of carbonyl (C=O) groups excluding carboxylic acids is 1. The van der Waals surface area contributed by atoms with Crippen LogP contribution in [-0.2, 0) is 11.3 Å². The molecule has 0 aliphatic rings. The van der Waals surface area contributed by atoms with Gasteiger partial charge in [-0.25, -0.2) is 4.98 Å². The summed E-state index contributed by atoms with van der Waals surface area (Å²) in [5.74, 6) is -0.0180. The normalized spacial score (nSPS) is 12.5. The van der Waals surface area contributed by atoms with Gasteiger partial charge in [0.2, 0.25) is 5.91 Å². The lowest BCUT2D eigenvalue weighted by Crippen LogP contribution is -2.29. The molecule has 0 bridgehead atoms. The van der Waals surface area contributed by atoms with Crippen LogP contribution in [0, 0.1) is 13.8 Å². The third kappa shape index (κ3) is 3.97. The lowest BCUT2D eigenvalue weighted by atomic mass is 10.2. The number of thiazole rings is 1. The number of aryl methyl sites for hydroxylation is 2. The van der Waals surface area contributed by atoms with Gasteiger partial charge >= 0.3 is 0 Å². The number of hydrogen-bond acceptors (Lipinski definition) is 4. The summed E-state index contributed by atoms with van der Waals surface area (Å²) in [5.41, 5.74) is 6.56. The molecule has 0 aliphatic carbocycles. The van der Waals surface area contributed by atoms with E-state index in [1.807, 2.05) is 20.8 Å². The van der Waals surface area contributed by atoms with Crippen LogP contribution in [0.1, 0.15) is 28.9 Å². The van der Waals surface area contributed by atoms with Gasteiger partial charge in [0.1, 0.15) is 5.01 Å². The van der Waals surface area contributed by atoms with Gasteiger partial charge in [0.25, 0.3) is 0 Å². The van der Waals surface area contributed by atoms with Crippen LogP contribution in [0.2, 0.25) is 0 Å². The van der Waals surface area contributed by atoms with Crippen molar-refractivity contribution >= 4 is 17.2 Å². The molecule has 0 saturated carbocycles. The number of nitrogens with two attached hydrogens (primary N) is 1. The number of nitrogens with one attached hydrogen (secondary N) is 1. The third-order valence-corrected chi connectivity index (χ3v) is 3.09. The highest BCUT2D eigenvalue weighted by atomic mass is 32.1. The Morgan fingerprint density at radius 1 is 1.60 bits per heavy atom. The van der Waals surface area contributed by atoms with Crippen molar-refractivity contribution in [3.8, 4) is 0 Å². The zero-order valence-electron chi connectivity index (χ0n) is 9.33. The van der Waals surface area contributed by atoms with E-state index in [9.17, 15) is 4.79 Å². The Kier molecular flexibility index (Phi) is 4.23. The number of aromatic nitrogens is 1. The van der Waals surface area contributed by atoms with Crippen molar-refractivity contribution in [3.63, 3.8) is 0 Å². The number of nitrogens with zero attached hydrogens (tertiary/aromatic N) is 1. The van der Waals surface area contributed by atoms with E-state index in [1.54, 1.807) is 11.3 Å². The number of rotatable bonds is 4. The lowest BCUT2D eigenvalue weighted by molar-refractivity contribution is -0.121. The first-order valence-corrected chi connectivity index (χ1v) is 5.76. The Labute approximate surface area is 93.9 Å². The molecule has 1 aromatic rings. The average Bonchev–Trinajstić information content (AvgIpc) is 2.42. The van der Waals surface area contributed by atoms with Gasteiger partial charge in [-0.1, -0.05) is 0 Å². The first kappa shape index (κ1) is 12.1.